The molecule has 28 heavy (non-hydrogen) atoms. The lowest BCUT2D eigenvalue weighted by atomic mass is 10.0. The second-order valence-corrected chi connectivity index (χ2v) is 7.43. The van der Waals surface area contributed by atoms with Gasteiger partial charge in [-0.2, -0.15) is 0 Å². The van der Waals surface area contributed by atoms with Crippen LogP contribution in [0.15, 0.2) is 59.4 Å². The number of hydrogen-bond donors (Lipinski definition) is 3. The molecule has 148 valence electrons. The molecule has 5 N–H and O–H groups in total. The van der Waals surface area contributed by atoms with Crippen LogP contribution >= 0.6 is 11.6 Å². The molecule has 6 nitrogen and oxygen atoms in total. The number of methoxy groups -OCH3 is 1. The Kier molecular flexibility index (Phi) is 5.82. The lowest BCUT2D eigenvalue weighted by Crippen LogP contribution is -2.55. The number of halogens is 1. The van der Waals surface area contributed by atoms with E-state index >= 15 is 0 Å². The number of rotatable bonds is 6. The Hall–Kier alpha value is -2.70. The maximum atomic E-state index is 6.36. The van der Waals surface area contributed by atoms with Gasteiger partial charge in [0.15, 0.2) is 17.4 Å². The highest BCUT2D eigenvalue weighted by atomic mass is 35.5. The molecule has 0 aromatic heterocycles. The zero-order valence-electron chi connectivity index (χ0n) is 16.2. The smallest absolute Gasteiger partial charge is 0.188 e. The minimum absolute atomic E-state index is 0.197. The number of hydrogen-bond acceptors (Lipinski definition) is 6. The molecule has 1 unspecified atom stereocenters. The molecule has 1 aliphatic heterocycles. The highest BCUT2D eigenvalue weighted by Crippen LogP contribution is 2.37. The molecule has 0 amide bonds. The number of nitrogens with zero attached hydrogens (tertiary/aromatic N) is 1. The second kappa shape index (κ2) is 8.12. The van der Waals surface area contributed by atoms with Crippen LogP contribution in [0.5, 0.6) is 11.5 Å². The minimum atomic E-state index is -1.03. The van der Waals surface area contributed by atoms with E-state index in [0.717, 1.165) is 11.1 Å². The van der Waals surface area contributed by atoms with Crippen LogP contribution in [0, 0.1) is 0 Å². The van der Waals surface area contributed by atoms with E-state index in [-0.39, 0.29) is 11.8 Å². The lowest BCUT2D eigenvalue weighted by Gasteiger charge is -2.30. The van der Waals surface area contributed by atoms with Crippen molar-refractivity contribution in [2.45, 2.75) is 32.0 Å². The molecular formula is C21H25ClN4O2. The number of benzene rings is 2. The summed E-state index contributed by atoms with van der Waals surface area (Å²) in [5.74, 6) is 0.967. The fourth-order valence-corrected chi connectivity index (χ4v) is 3.24. The summed E-state index contributed by atoms with van der Waals surface area (Å²) in [6.45, 7) is 4.12. The van der Waals surface area contributed by atoms with E-state index in [9.17, 15) is 0 Å². The molecule has 2 aromatic carbocycles. The van der Waals surface area contributed by atoms with E-state index in [1.165, 1.54) is 0 Å². The van der Waals surface area contributed by atoms with E-state index in [4.69, 9.17) is 32.5 Å². The van der Waals surface area contributed by atoms with Crippen molar-refractivity contribution in [3.8, 4) is 11.5 Å². The van der Waals surface area contributed by atoms with E-state index in [2.05, 4.69) is 24.2 Å². The van der Waals surface area contributed by atoms with Crippen molar-refractivity contribution in [3.05, 3.63) is 70.6 Å². The predicted molar refractivity (Wildman–Crippen MR) is 113 cm³/mol. The average Bonchev–Trinajstić information content (AvgIpc) is 2.64. The van der Waals surface area contributed by atoms with Crippen molar-refractivity contribution < 1.29 is 9.47 Å². The zero-order chi connectivity index (χ0) is 20.3. The fourth-order valence-electron chi connectivity index (χ4n) is 3.01. The summed E-state index contributed by atoms with van der Waals surface area (Å²) in [5.41, 5.74) is 14.5. The van der Waals surface area contributed by atoms with Gasteiger partial charge in [0, 0.05) is 24.3 Å². The van der Waals surface area contributed by atoms with Gasteiger partial charge >= 0.3 is 0 Å². The first kappa shape index (κ1) is 20.0. The summed E-state index contributed by atoms with van der Waals surface area (Å²) in [6.07, 6.45) is 2.14. The number of nitrogens with one attached hydrogen (secondary N) is 1. The first-order chi connectivity index (χ1) is 13.3. The van der Waals surface area contributed by atoms with E-state index in [1.54, 1.807) is 19.4 Å². The van der Waals surface area contributed by atoms with Crippen LogP contribution in [0.3, 0.4) is 0 Å². The Balaban J connectivity index is 1.82. The average molecular weight is 401 g/mol. The van der Waals surface area contributed by atoms with Crippen LogP contribution in [0.25, 0.3) is 0 Å². The molecule has 0 saturated heterocycles. The van der Waals surface area contributed by atoms with Crippen LogP contribution in [0.4, 0.5) is 0 Å². The van der Waals surface area contributed by atoms with Crippen LogP contribution < -0.4 is 26.3 Å². The SMILES string of the molecule is COc1cc(C(C)C)c(OC2=CNC(N)(Cc3ccccc3)N=C2N)cc1Cl. The van der Waals surface area contributed by atoms with Crippen LogP contribution in [0.1, 0.15) is 30.9 Å². The second-order valence-electron chi connectivity index (χ2n) is 7.02. The number of ether oxygens (including phenoxy) is 2. The van der Waals surface area contributed by atoms with Gasteiger partial charge in [0.2, 0.25) is 0 Å². The third kappa shape index (κ3) is 4.40. The summed E-state index contributed by atoms with van der Waals surface area (Å²) < 4.78 is 11.3. The Morgan fingerprint density at radius 1 is 1.18 bits per heavy atom. The maximum Gasteiger partial charge on any atom is 0.188 e. The minimum Gasteiger partial charge on any atom is -0.495 e. The number of amidine groups is 1. The Morgan fingerprint density at radius 3 is 2.50 bits per heavy atom. The predicted octanol–water partition coefficient (Wildman–Crippen LogP) is 3.51. The third-order valence-corrected chi connectivity index (χ3v) is 4.76. The molecule has 3 rings (SSSR count). The van der Waals surface area contributed by atoms with Gasteiger partial charge in [-0.05, 0) is 17.5 Å². The fraction of sp³-hybridized carbons (Fsp3) is 0.286. The molecule has 0 aliphatic carbocycles. The van der Waals surface area contributed by atoms with E-state index < -0.39 is 5.79 Å². The molecule has 0 radical (unpaired) electrons. The van der Waals surface area contributed by atoms with Gasteiger partial charge in [-0.15, -0.1) is 0 Å². The van der Waals surface area contributed by atoms with Crippen molar-refractivity contribution in [2.24, 2.45) is 16.5 Å². The molecule has 1 atom stereocenters. The maximum absolute atomic E-state index is 6.36. The first-order valence-electron chi connectivity index (χ1n) is 9.03. The molecular weight excluding hydrogens is 376 g/mol. The van der Waals surface area contributed by atoms with Crippen LogP contribution in [-0.2, 0) is 6.42 Å². The third-order valence-electron chi connectivity index (χ3n) is 4.47. The molecule has 0 bridgehead atoms. The molecule has 7 heteroatoms. The van der Waals surface area contributed by atoms with Crippen LogP contribution in [-0.4, -0.2) is 18.7 Å². The molecule has 0 fully saturated rings. The zero-order valence-corrected chi connectivity index (χ0v) is 17.0. The highest BCUT2D eigenvalue weighted by Gasteiger charge is 2.29. The summed E-state index contributed by atoms with van der Waals surface area (Å²) in [6, 6.07) is 13.4. The Morgan fingerprint density at radius 2 is 1.89 bits per heavy atom. The summed E-state index contributed by atoms with van der Waals surface area (Å²) >= 11 is 6.27. The largest absolute Gasteiger partial charge is 0.495 e. The quantitative estimate of drug-likeness (QED) is 0.689. The van der Waals surface area contributed by atoms with Gasteiger partial charge in [0.1, 0.15) is 11.5 Å². The summed E-state index contributed by atoms with van der Waals surface area (Å²) in [7, 11) is 1.58. The molecule has 1 heterocycles. The van der Waals surface area contributed by atoms with E-state index in [1.807, 2.05) is 36.4 Å². The topological polar surface area (TPSA) is 94.9 Å². The monoisotopic (exact) mass is 400 g/mol. The van der Waals surface area contributed by atoms with Crippen molar-refractivity contribution in [3.63, 3.8) is 0 Å². The lowest BCUT2D eigenvalue weighted by molar-refractivity contribution is 0.361. The van der Waals surface area contributed by atoms with Gasteiger partial charge < -0.3 is 20.5 Å². The van der Waals surface area contributed by atoms with Gasteiger partial charge in [-0.25, -0.2) is 4.99 Å². The summed E-state index contributed by atoms with van der Waals surface area (Å²) in [4.78, 5) is 4.43. The molecule has 2 aromatic rings. The van der Waals surface area contributed by atoms with Crippen molar-refractivity contribution >= 4 is 17.4 Å². The van der Waals surface area contributed by atoms with E-state index in [0.29, 0.717) is 28.7 Å². The normalized spacial score (nSPS) is 18.9. The van der Waals surface area contributed by atoms with Gasteiger partial charge in [0.25, 0.3) is 0 Å². The number of aliphatic imine (C=N–C) groups is 1. The Labute approximate surface area is 170 Å². The standard InChI is InChI=1S/C21H25ClN4O2/c1-13(2)15-9-18(27-3)16(22)10-17(15)28-19-12-25-21(24,26-20(19)23)11-14-7-5-4-6-8-14/h4-10,12-13,25H,11,24H2,1-3H3,(H2,23,26). The van der Waals surface area contributed by atoms with Gasteiger partial charge in [-0.1, -0.05) is 55.8 Å². The van der Waals surface area contributed by atoms with Crippen molar-refractivity contribution in [1.29, 1.82) is 0 Å². The number of nitrogens with two attached hydrogens (primary N) is 2. The molecule has 1 aliphatic rings. The summed E-state index contributed by atoms with van der Waals surface area (Å²) in [5, 5.41) is 3.55. The molecule has 0 saturated carbocycles. The highest BCUT2D eigenvalue weighted by molar-refractivity contribution is 6.32. The van der Waals surface area contributed by atoms with Crippen LogP contribution in [0.2, 0.25) is 5.02 Å². The van der Waals surface area contributed by atoms with Crippen molar-refractivity contribution in [2.75, 3.05) is 7.11 Å². The Bertz CT molecular complexity index is 912. The first-order valence-corrected chi connectivity index (χ1v) is 9.41. The van der Waals surface area contributed by atoms with Crippen molar-refractivity contribution in [1.82, 2.24) is 5.32 Å². The van der Waals surface area contributed by atoms with Gasteiger partial charge in [0.05, 0.1) is 12.1 Å². The van der Waals surface area contributed by atoms with Gasteiger partial charge in [-0.3, -0.25) is 5.73 Å². The molecule has 0 spiro atoms.